The topological polar surface area (TPSA) is 98.3 Å². The van der Waals surface area contributed by atoms with Crippen LogP contribution < -0.4 is 4.74 Å². The molecule has 0 bridgehead atoms. The minimum atomic E-state index is -1.02. The van der Waals surface area contributed by atoms with E-state index in [2.05, 4.69) is 15.1 Å². The van der Waals surface area contributed by atoms with Gasteiger partial charge in [-0.3, -0.25) is 4.98 Å². The molecule has 0 saturated heterocycles. The fourth-order valence-electron chi connectivity index (χ4n) is 1.37. The van der Waals surface area contributed by atoms with Gasteiger partial charge in [-0.05, 0) is 18.2 Å². The number of carboxylic acid groups (broad SMARTS) is 1. The number of hydrogen-bond acceptors (Lipinski definition) is 6. The Hall–Kier alpha value is -2.70. The number of aromatic nitrogens is 3. The zero-order chi connectivity index (χ0) is 14.4. The second-order valence-corrected chi connectivity index (χ2v) is 3.84. The Bertz CT molecular complexity index is 604. The Morgan fingerprint density at radius 3 is 2.95 bits per heavy atom. The third-order valence-electron chi connectivity index (χ3n) is 2.34. The third kappa shape index (κ3) is 3.91. The van der Waals surface area contributed by atoms with Crippen LogP contribution in [0.15, 0.2) is 28.9 Å². The molecular weight excluding hydrogens is 262 g/mol. The molecule has 0 radical (unpaired) electrons. The molecule has 0 spiro atoms. The van der Waals surface area contributed by atoms with Crippen molar-refractivity contribution < 1.29 is 19.2 Å². The molecule has 1 N–H and O–H groups in total. The highest BCUT2D eigenvalue weighted by Crippen LogP contribution is 2.11. The summed E-state index contributed by atoms with van der Waals surface area (Å²) in [6.07, 6.45) is 4.61. The first kappa shape index (κ1) is 13.7. The molecule has 7 nitrogen and oxygen atoms in total. The second kappa shape index (κ2) is 6.46. The fourth-order valence-corrected chi connectivity index (χ4v) is 1.37. The van der Waals surface area contributed by atoms with Gasteiger partial charge >= 0.3 is 5.97 Å². The summed E-state index contributed by atoms with van der Waals surface area (Å²) in [4.78, 5) is 18.5. The van der Waals surface area contributed by atoms with Crippen LogP contribution in [0.3, 0.4) is 0 Å². The normalized spacial score (nSPS) is 10.8. The Morgan fingerprint density at radius 1 is 1.50 bits per heavy atom. The first-order valence-corrected chi connectivity index (χ1v) is 5.98. The molecule has 0 aliphatic carbocycles. The molecule has 0 fully saturated rings. The first-order valence-electron chi connectivity index (χ1n) is 5.98. The monoisotopic (exact) mass is 275 g/mol. The van der Waals surface area contributed by atoms with E-state index in [0.29, 0.717) is 29.6 Å². The molecule has 0 aliphatic rings. The van der Waals surface area contributed by atoms with Gasteiger partial charge in [0.1, 0.15) is 5.75 Å². The van der Waals surface area contributed by atoms with Crippen molar-refractivity contribution in [2.24, 2.45) is 0 Å². The van der Waals surface area contributed by atoms with Gasteiger partial charge in [0, 0.05) is 12.5 Å². The van der Waals surface area contributed by atoms with Crippen LogP contribution in [0.4, 0.5) is 0 Å². The van der Waals surface area contributed by atoms with E-state index in [1.165, 1.54) is 12.3 Å². The van der Waals surface area contributed by atoms with Crippen molar-refractivity contribution >= 4 is 12.0 Å². The number of carbonyl (C=O) groups is 1. The van der Waals surface area contributed by atoms with Crippen LogP contribution in [0, 0.1) is 0 Å². The first-order chi connectivity index (χ1) is 9.67. The van der Waals surface area contributed by atoms with E-state index in [9.17, 15) is 4.79 Å². The van der Waals surface area contributed by atoms with E-state index in [-0.39, 0.29) is 6.61 Å². The molecule has 104 valence electrons. The second-order valence-electron chi connectivity index (χ2n) is 3.84. The van der Waals surface area contributed by atoms with Crippen molar-refractivity contribution in [3.05, 3.63) is 41.8 Å². The fraction of sp³-hybridized carbons (Fsp3) is 0.231. The number of hydrogen-bond donors (Lipinski definition) is 1. The number of carboxylic acids is 1. The lowest BCUT2D eigenvalue weighted by molar-refractivity contribution is -0.131. The number of ether oxygens (including phenoxy) is 1. The van der Waals surface area contributed by atoms with Crippen molar-refractivity contribution in [1.29, 1.82) is 0 Å². The van der Waals surface area contributed by atoms with Crippen LogP contribution in [-0.4, -0.2) is 26.2 Å². The maximum atomic E-state index is 10.4. The predicted octanol–water partition coefficient (Wildman–Crippen LogP) is 1.70. The molecular formula is C13H13N3O4. The summed E-state index contributed by atoms with van der Waals surface area (Å²) in [6, 6.07) is 3.35. The summed E-state index contributed by atoms with van der Waals surface area (Å²) in [5, 5.41) is 12.3. The highest BCUT2D eigenvalue weighted by molar-refractivity contribution is 5.84. The van der Waals surface area contributed by atoms with E-state index >= 15 is 0 Å². The quantitative estimate of drug-likeness (QED) is 0.801. The van der Waals surface area contributed by atoms with Gasteiger partial charge in [0.2, 0.25) is 11.7 Å². The zero-order valence-corrected chi connectivity index (χ0v) is 10.8. The van der Waals surface area contributed by atoms with Gasteiger partial charge in [0.15, 0.2) is 6.61 Å². The van der Waals surface area contributed by atoms with E-state index < -0.39 is 5.97 Å². The Morgan fingerprint density at radius 2 is 2.35 bits per heavy atom. The molecule has 0 amide bonds. The number of rotatable bonds is 6. The average molecular weight is 275 g/mol. The van der Waals surface area contributed by atoms with Crippen molar-refractivity contribution in [2.45, 2.75) is 20.0 Å². The summed E-state index contributed by atoms with van der Waals surface area (Å²) in [7, 11) is 0. The van der Waals surface area contributed by atoms with E-state index in [1.807, 2.05) is 6.92 Å². The van der Waals surface area contributed by atoms with Gasteiger partial charge in [-0.1, -0.05) is 12.1 Å². The summed E-state index contributed by atoms with van der Waals surface area (Å²) >= 11 is 0. The minimum absolute atomic E-state index is 0.190. The Balaban J connectivity index is 1.92. The molecule has 2 rings (SSSR count). The molecule has 7 heteroatoms. The van der Waals surface area contributed by atoms with Gasteiger partial charge in [0.25, 0.3) is 0 Å². The Kier molecular flexibility index (Phi) is 4.43. The molecule has 0 aromatic carbocycles. The van der Waals surface area contributed by atoms with Gasteiger partial charge in [-0.25, -0.2) is 4.79 Å². The molecule has 0 unspecified atom stereocenters. The maximum Gasteiger partial charge on any atom is 0.328 e. The highest BCUT2D eigenvalue weighted by Gasteiger charge is 2.05. The molecule has 0 saturated carbocycles. The molecule has 0 aliphatic heterocycles. The summed E-state index contributed by atoms with van der Waals surface area (Å²) in [6.45, 7) is 2.11. The maximum absolute atomic E-state index is 10.4. The lowest BCUT2D eigenvalue weighted by atomic mass is 10.3. The highest BCUT2D eigenvalue weighted by atomic mass is 16.5. The average Bonchev–Trinajstić information content (AvgIpc) is 2.92. The van der Waals surface area contributed by atoms with Crippen molar-refractivity contribution in [3.63, 3.8) is 0 Å². The van der Waals surface area contributed by atoms with Gasteiger partial charge in [-0.2, -0.15) is 4.98 Å². The minimum Gasteiger partial charge on any atom is -0.484 e. The van der Waals surface area contributed by atoms with Crippen LogP contribution in [0.2, 0.25) is 0 Å². The van der Waals surface area contributed by atoms with Crippen molar-refractivity contribution in [2.75, 3.05) is 0 Å². The van der Waals surface area contributed by atoms with Crippen LogP contribution in [0.25, 0.3) is 6.08 Å². The van der Waals surface area contributed by atoms with Gasteiger partial charge < -0.3 is 14.4 Å². The zero-order valence-electron chi connectivity index (χ0n) is 10.8. The van der Waals surface area contributed by atoms with E-state index in [0.717, 1.165) is 6.08 Å². The van der Waals surface area contributed by atoms with E-state index in [1.54, 1.807) is 12.1 Å². The van der Waals surface area contributed by atoms with Gasteiger partial charge in [-0.15, -0.1) is 0 Å². The standard InChI is InChI=1S/C13H13N3O4/c1-2-12-15-11(16-20-12)8-19-10-5-3-9(14-7-10)4-6-13(17)18/h3-7H,2,8H2,1H3,(H,17,18). The number of aryl methyl sites for hydroxylation is 1. The molecule has 20 heavy (non-hydrogen) atoms. The van der Waals surface area contributed by atoms with E-state index in [4.69, 9.17) is 14.4 Å². The van der Waals surface area contributed by atoms with Crippen molar-refractivity contribution in [3.8, 4) is 5.75 Å². The number of aliphatic carboxylic acids is 1. The molecule has 0 atom stereocenters. The smallest absolute Gasteiger partial charge is 0.328 e. The summed E-state index contributed by atoms with van der Waals surface area (Å²) in [5.74, 6) is 0.559. The largest absolute Gasteiger partial charge is 0.484 e. The van der Waals surface area contributed by atoms with Crippen LogP contribution in [-0.2, 0) is 17.8 Å². The SMILES string of the molecule is CCc1nc(COc2ccc(C=CC(=O)O)nc2)no1. The lowest BCUT2D eigenvalue weighted by Gasteiger charge is -2.02. The number of nitrogens with zero attached hydrogens (tertiary/aromatic N) is 3. The summed E-state index contributed by atoms with van der Waals surface area (Å²) < 4.78 is 10.4. The summed E-state index contributed by atoms with van der Waals surface area (Å²) in [5.41, 5.74) is 0.535. The molecule has 2 aromatic rings. The Labute approximate surface area is 114 Å². The van der Waals surface area contributed by atoms with Crippen LogP contribution in [0.1, 0.15) is 24.3 Å². The van der Waals surface area contributed by atoms with Crippen molar-refractivity contribution in [1.82, 2.24) is 15.1 Å². The predicted molar refractivity (Wildman–Crippen MR) is 68.9 cm³/mol. The third-order valence-corrected chi connectivity index (χ3v) is 2.34. The molecule has 2 heterocycles. The van der Waals surface area contributed by atoms with Gasteiger partial charge in [0.05, 0.1) is 11.9 Å². The number of pyridine rings is 1. The van der Waals surface area contributed by atoms with Crippen LogP contribution >= 0.6 is 0 Å². The van der Waals surface area contributed by atoms with Crippen LogP contribution in [0.5, 0.6) is 5.75 Å². The molecule has 2 aromatic heterocycles. The lowest BCUT2D eigenvalue weighted by Crippen LogP contribution is -1.98.